The van der Waals surface area contributed by atoms with E-state index in [-0.39, 0.29) is 31.0 Å². The monoisotopic (exact) mass is 410 g/mol. The lowest BCUT2D eigenvalue weighted by atomic mass is 9.86. The maximum atomic E-state index is 11.9. The maximum Gasteiger partial charge on any atom is 0.325 e. The van der Waals surface area contributed by atoms with Crippen LogP contribution in [0, 0.1) is 5.92 Å². The molecule has 0 unspecified atom stereocenters. The van der Waals surface area contributed by atoms with Gasteiger partial charge in [0, 0.05) is 16.1 Å². The SMILES string of the molecule is C[C@H]1CCCC[C@H]1NC(=O)COC(=O)CNC(=O)c1ccc(Br)cc1. The molecule has 0 spiro atoms. The van der Waals surface area contributed by atoms with Gasteiger partial charge in [0.25, 0.3) is 11.8 Å². The van der Waals surface area contributed by atoms with E-state index >= 15 is 0 Å². The fourth-order valence-corrected chi connectivity index (χ4v) is 3.10. The van der Waals surface area contributed by atoms with Crippen molar-refractivity contribution in [1.29, 1.82) is 0 Å². The van der Waals surface area contributed by atoms with Crippen molar-refractivity contribution in [3.05, 3.63) is 34.3 Å². The summed E-state index contributed by atoms with van der Waals surface area (Å²) in [7, 11) is 0. The fraction of sp³-hybridized carbons (Fsp3) is 0.500. The molecular weight excluding hydrogens is 388 g/mol. The number of amides is 2. The first-order chi connectivity index (χ1) is 12.0. The topological polar surface area (TPSA) is 84.5 Å². The van der Waals surface area contributed by atoms with E-state index in [1.165, 1.54) is 6.42 Å². The summed E-state index contributed by atoms with van der Waals surface area (Å²) in [5.74, 6) is -0.868. The molecule has 2 amide bonds. The molecule has 1 aromatic rings. The average Bonchev–Trinajstić information content (AvgIpc) is 2.60. The van der Waals surface area contributed by atoms with Gasteiger partial charge in [-0.3, -0.25) is 14.4 Å². The van der Waals surface area contributed by atoms with Crippen LogP contribution in [0.3, 0.4) is 0 Å². The molecule has 0 saturated heterocycles. The molecule has 7 heteroatoms. The highest BCUT2D eigenvalue weighted by Gasteiger charge is 2.23. The zero-order valence-corrected chi connectivity index (χ0v) is 15.8. The standard InChI is InChI=1S/C18H23BrN2O4/c1-12-4-2-3-5-15(12)21-16(22)11-25-17(23)10-20-18(24)13-6-8-14(19)9-7-13/h6-9,12,15H,2-5,10-11H2,1H3,(H,20,24)(H,21,22)/t12-,15+/m0/s1. The third-order valence-corrected chi connectivity index (χ3v) is 4.85. The van der Waals surface area contributed by atoms with Crippen LogP contribution < -0.4 is 10.6 Å². The van der Waals surface area contributed by atoms with Crippen LogP contribution in [0.25, 0.3) is 0 Å². The van der Waals surface area contributed by atoms with Gasteiger partial charge in [-0.1, -0.05) is 35.7 Å². The van der Waals surface area contributed by atoms with Crippen LogP contribution in [0.2, 0.25) is 0 Å². The highest BCUT2D eigenvalue weighted by Crippen LogP contribution is 2.23. The molecule has 0 heterocycles. The minimum absolute atomic E-state index is 0.150. The molecular formula is C18H23BrN2O4. The second kappa shape index (κ2) is 9.56. The third kappa shape index (κ3) is 6.49. The lowest BCUT2D eigenvalue weighted by Gasteiger charge is -2.29. The Morgan fingerprint density at radius 3 is 2.52 bits per heavy atom. The highest BCUT2D eigenvalue weighted by molar-refractivity contribution is 9.10. The molecule has 1 aromatic carbocycles. The van der Waals surface area contributed by atoms with Gasteiger partial charge in [0.05, 0.1) is 0 Å². The largest absolute Gasteiger partial charge is 0.454 e. The first-order valence-corrected chi connectivity index (χ1v) is 9.24. The van der Waals surface area contributed by atoms with E-state index in [4.69, 9.17) is 4.74 Å². The summed E-state index contributed by atoms with van der Waals surface area (Å²) in [6.07, 6.45) is 4.37. The molecule has 0 bridgehead atoms. The third-order valence-electron chi connectivity index (χ3n) is 4.32. The van der Waals surface area contributed by atoms with Gasteiger partial charge in [-0.15, -0.1) is 0 Å². The van der Waals surface area contributed by atoms with Crippen molar-refractivity contribution in [2.45, 2.75) is 38.6 Å². The average molecular weight is 411 g/mol. The smallest absolute Gasteiger partial charge is 0.325 e. The first-order valence-electron chi connectivity index (χ1n) is 8.44. The molecule has 2 atom stereocenters. The summed E-state index contributed by atoms with van der Waals surface area (Å²) in [4.78, 5) is 35.4. The van der Waals surface area contributed by atoms with Crippen molar-refractivity contribution >= 4 is 33.7 Å². The fourth-order valence-electron chi connectivity index (χ4n) is 2.83. The molecule has 0 aliphatic heterocycles. The maximum absolute atomic E-state index is 11.9. The zero-order valence-electron chi connectivity index (χ0n) is 14.2. The highest BCUT2D eigenvalue weighted by atomic mass is 79.9. The Morgan fingerprint density at radius 2 is 1.84 bits per heavy atom. The summed E-state index contributed by atoms with van der Waals surface area (Å²) in [5, 5.41) is 5.38. The Kier molecular flexibility index (Phi) is 7.43. The van der Waals surface area contributed by atoms with Crippen LogP contribution in [0.15, 0.2) is 28.7 Å². The summed E-state index contributed by atoms with van der Waals surface area (Å²) >= 11 is 3.29. The molecule has 2 N–H and O–H groups in total. The number of benzene rings is 1. The number of rotatable bonds is 6. The minimum Gasteiger partial charge on any atom is -0.454 e. The van der Waals surface area contributed by atoms with Crippen LogP contribution in [-0.4, -0.2) is 37.0 Å². The van der Waals surface area contributed by atoms with E-state index in [1.54, 1.807) is 24.3 Å². The summed E-state index contributed by atoms with van der Waals surface area (Å²) in [5.41, 5.74) is 0.444. The van der Waals surface area contributed by atoms with Gasteiger partial charge in [0.15, 0.2) is 6.61 Å². The number of carbonyl (C=O) groups is 3. The summed E-state index contributed by atoms with van der Waals surface area (Å²) in [6, 6.07) is 6.91. The number of hydrogen-bond donors (Lipinski definition) is 2. The number of nitrogens with one attached hydrogen (secondary N) is 2. The molecule has 1 aliphatic rings. The van der Waals surface area contributed by atoms with Crippen molar-refractivity contribution in [2.24, 2.45) is 5.92 Å². The predicted octanol–water partition coefficient (Wildman–Crippen LogP) is 2.42. The van der Waals surface area contributed by atoms with Crippen LogP contribution >= 0.6 is 15.9 Å². The minimum atomic E-state index is -0.641. The Balaban J connectivity index is 1.67. The Hall–Kier alpha value is -1.89. The normalized spacial score (nSPS) is 19.8. The second-order valence-corrected chi connectivity index (χ2v) is 7.20. The number of hydrogen-bond acceptors (Lipinski definition) is 4. The van der Waals surface area contributed by atoms with E-state index in [0.29, 0.717) is 11.5 Å². The van der Waals surface area contributed by atoms with Gasteiger partial charge in [-0.25, -0.2) is 0 Å². The molecule has 1 saturated carbocycles. The van der Waals surface area contributed by atoms with Gasteiger partial charge in [0.2, 0.25) is 0 Å². The number of carbonyl (C=O) groups excluding carboxylic acids is 3. The van der Waals surface area contributed by atoms with Crippen molar-refractivity contribution < 1.29 is 19.1 Å². The van der Waals surface area contributed by atoms with E-state index in [0.717, 1.165) is 23.7 Å². The van der Waals surface area contributed by atoms with E-state index in [2.05, 4.69) is 33.5 Å². The van der Waals surface area contributed by atoms with Gasteiger partial charge in [-0.2, -0.15) is 0 Å². The summed E-state index contributed by atoms with van der Waals surface area (Å²) in [6.45, 7) is 1.52. The second-order valence-electron chi connectivity index (χ2n) is 6.29. The molecule has 25 heavy (non-hydrogen) atoms. The molecule has 1 fully saturated rings. The van der Waals surface area contributed by atoms with Crippen molar-refractivity contribution in [3.63, 3.8) is 0 Å². The van der Waals surface area contributed by atoms with Gasteiger partial charge >= 0.3 is 5.97 Å². The Morgan fingerprint density at radius 1 is 1.16 bits per heavy atom. The van der Waals surface area contributed by atoms with Crippen LogP contribution in [0.1, 0.15) is 43.0 Å². The molecule has 136 valence electrons. The quantitative estimate of drug-likeness (QED) is 0.705. The van der Waals surface area contributed by atoms with E-state index in [9.17, 15) is 14.4 Å². The number of halogens is 1. The van der Waals surface area contributed by atoms with Crippen molar-refractivity contribution in [1.82, 2.24) is 10.6 Å². The molecule has 1 aliphatic carbocycles. The first kappa shape index (κ1) is 19.4. The predicted molar refractivity (Wildman–Crippen MR) is 97.0 cm³/mol. The van der Waals surface area contributed by atoms with E-state index in [1.807, 2.05) is 0 Å². The number of ether oxygens (including phenoxy) is 1. The van der Waals surface area contributed by atoms with Crippen molar-refractivity contribution in [2.75, 3.05) is 13.2 Å². The Labute approximate surface area is 155 Å². The lowest BCUT2D eigenvalue weighted by Crippen LogP contribution is -2.43. The lowest BCUT2D eigenvalue weighted by molar-refractivity contribution is -0.147. The molecule has 0 aromatic heterocycles. The van der Waals surface area contributed by atoms with Gasteiger partial charge in [0.1, 0.15) is 6.54 Å². The molecule has 0 radical (unpaired) electrons. The van der Waals surface area contributed by atoms with Crippen LogP contribution in [-0.2, 0) is 14.3 Å². The Bertz CT molecular complexity index is 618. The van der Waals surface area contributed by atoms with E-state index < -0.39 is 5.97 Å². The zero-order chi connectivity index (χ0) is 18.2. The summed E-state index contributed by atoms with van der Waals surface area (Å²) < 4.78 is 5.78. The van der Waals surface area contributed by atoms with Crippen molar-refractivity contribution in [3.8, 4) is 0 Å². The van der Waals surface area contributed by atoms with Gasteiger partial charge in [-0.05, 0) is 43.0 Å². The molecule has 2 rings (SSSR count). The molecule has 6 nitrogen and oxygen atoms in total. The number of esters is 1. The van der Waals surface area contributed by atoms with Crippen LogP contribution in [0.5, 0.6) is 0 Å². The van der Waals surface area contributed by atoms with Gasteiger partial charge < -0.3 is 15.4 Å². The van der Waals surface area contributed by atoms with Crippen LogP contribution in [0.4, 0.5) is 0 Å².